The maximum atomic E-state index is 10.7. The van der Waals surface area contributed by atoms with Crippen LogP contribution in [-0.4, -0.2) is 32.4 Å². The average molecular weight is 198 g/mol. The number of ether oxygens (including phenoxy) is 2. The molecule has 5 nitrogen and oxygen atoms in total. The molecule has 0 aromatic carbocycles. The Morgan fingerprint density at radius 3 is 2.00 bits per heavy atom. The Bertz CT molecular complexity index is 288. The minimum atomic E-state index is -0.665. The highest BCUT2D eigenvalue weighted by atomic mass is 16.5. The standard InChI is InChI=1S/C9H10O5/c1-13-8(11)4-3-7(6-10)5-9(12)14-2/h3-6H,1-2H3/b4-3-,7-5+. The zero-order valence-electron chi connectivity index (χ0n) is 7.85. The molecule has 5 heteroatoms. The molecule has 0 aliphatic heterocycles. The molecule has 0 radical (unpaired) electrons. The van der Waals surface area contributed by atoms with Gasteiger partial charge in [-0.2, -0.15) is 0 Å². The van der Waals surface area contributed by atoms with E-state index in [9.17, 15) is 14.4 Å². The fraction of sp³-hybridized carbons (Fsp3) is 0.222. The molecule has 0 rings (SSSR count). The van der Waals surface area contributed by atoms with Gasteiger partial charge < -0.3 is 9.47 Å². The van der Waals surface area contributed by atoms with Crippen LogP contribution in [0.15, 0.2) is 23.8 Å². The Labute approximate surface area is 81.0 Å². The van der Waals surface area contributed by atoms with Crippen LogP contribution in [0.4, 0.5) is 0 Å². The van der Waals surface area contributed by atoms with E-state index < -0.39 is 11.9 Å². The van der Waals surface area contributed by atoms with Gasteiger partial charge in [0.25, 0.3) is 0 Å². The third kappa shape index (κ3) is 4.87. The van der Waals surface area contributed by atoms with Crippen LogP contribution < -0.4 is 0 Å². The predicted octanol–water partition coefficient (Wildman–Crippen LogP) is 0.0139. The van der Waals surface area contributed by atoms with Crippen molar-refractivity contribution in [3.8, 4) is 0 Å². The number of allylic oxidation sites excluding steroid dienone is 2. The molecule has 76 valence electrons. The minimum absolute atomic E-state index is 0.0299. The lowest BCUT2D eigenvalue weighted by molar-refractivity contribution is -0.135. The first-order valence-corrected chi connectivity index (χ1v) is 3.65. The molecule has 0 unspecified atom stereocenters. The molecule has 0 aromatic heterocycles. The van der Waals surface area contributed by atoms with Crippen molar-refractivity contribution in [2.24, 2.45) is 0 Å². The Hall–Kier alpha value is -1.91. The summed E-state index contributed by atoms with van der Waals surface area (Å²) in [6.45, 7) is 0. The summed E-state index contributed by atoms with van der Waals surface area (Å²) in [5.41, 5.74) is 0.0299. The van der Waals surface area contributed by atoms with Crippen LogP contribution in [0.1, 0.15) is 0 Å². The van der Waals surface area contributed by atoms with Gasteiger partial charge in [-0.25, -0.2) is 9.59 Å². The van der Waals surface area contributed by atoms with Crippen LogP contribution in [-0.2, 0) is 23.9 Å². The van der Waals surface area contributed by atoms with E-state index in [0.717, 1.165) is 18.2 Å². The van der Waals surface area contributed by atoms with E-state index >= 15 is 0 Å². The third-order valence-electron chi connectivity index (χ3n) is 1.23. The first-order chi connectivity index (χ1) is 6.63. The Morgan fingerprint density at radius 1 is 1.00 bits per heavy atom. The summed E-state index contributed by atoms with van der Waals surface area (Å²) in [4.78, 5) is 31.7. The molecule has 0 heterocycles. The van der Waals surface area contributed by atoms with Crippen molar-refractivity contribution in [3.05, 3.63) is 23.8 Å². The van der Waals surface area contributed by atoms with E-state index in [0.29, 0.717) is 6.29 Å². The topological polar surface area (TPSA) is 69.7 Å². The number of methoxy groups -OCH3 is 2. The summed E-state index contributed by atoms with van der Waals surface area (Å²) in [5, 5.41) is 0. The van der Waals surface area contributed by atoms with Gasteiger partial charge in [0.2, 0.25) is 0 Å². The summed E-state index contributed by atoms with van der Waals surface area (Å²) in [6.07, 6.45) is 3.59. The van der Waals surface area contributed by atoms with Crippen LogP contribution in [0.2, 0.25) is 0 Å². The summed E-state index contributed by atoms with van der Waals surface area (Å²) < 4.78 is 8.58. The smallest absolute Gasteiger partial charge is 0.331 e. The maximum absolute atomic E-state index is 10.7. The number of esters is 2. The lowest BCUT2D eigenvalue weighted by atomic mass is 10.2. The number of hydrogen-bond donors (Lipinski definition) is 0. The average Bonchev–Trinajstić information content (AvgIpc) is 2.22. The predicted molar refractivity (Wildman–Crippen MR) is 47.3 cm³/mol. The van der Waals surface area contributed by atoms with Gasteiger partial charge in [0, 0.05) is 17.7 Å². The Morgan fingerprint density at radius 2 is 1.57 bits per heavy atom. The van der Waals surface area contributed by atoms with Gasteiger partial charge in [0.05, 0.1) is 14.2 Å². The first kappa shape index (κ1) is 12.1. The van der Waals surface area contributed by atoms with Crippen LogP contribution >= 0.6 is 0 Å². The van der Waals surface area contributed by atoms with Gasteiger partial charge in [-0.1, -0.05) is 0 Å². The fourth-order valence-corrected chi connectivity index (χ4v) is 0.549. The molecular weight excluding hydrogens is 188 g/mol. The van der Waals surface area contributed by atoms with Crippen LogP contribution in [0, 0.1) is 0 Å². The van der Waals surface area contributed by atoms with Crippen molar-refractivity contribution in [1.82, 2.24) is 0 Å². The molecule has 0 amide bonds. The molecule has 0 saturated heterocycles. The van der Waals surface area contributed by atoms with Crippen LogP contribution in [0.25, 0.3) is 0 Å². The lowest BCUT2D eigenvalue weighted by Crippen LogP contribution is -1.98. The second-order valence-electron chi connectivity index (χ2n) is 2.14. The SMILES string of the molecule is COC(=O)/C=C\C(C=O)=C/C(=O)OC. The zero-order valence-corrected chi connectivity index (χ0v) is 7.85. The molecule has 0 aliphatic rings. The quantitative estimate of drug-likeness (QED) is 0.275. The van der Waals surface area contributed by atoms with Crippen molar-refractivity contribution in [1.29, 1.82) is 0 Å². The molecule has 0 aromatic rings. The van der Waals surface area contributed by atoms with E-state index in [1.807, 2.05) is 0 Å². The highest BCUT2D eigenvalue weighted by Gasteiger charge is 1.98. The molecule has 0 spiro atoms. The Balaban J connectivity index is 4.51. The molecule has 14 heavy (non-hydrogen) atoms. The highest BCUT2D eigenvalue weighted by molar-refractivity contribution is 5.93. The lowest BCUT2D eigenvalue weighted by Gasteiger charge is -1.92. The molecular formula is C9H10O5. The van der Waals surface area contributed by atoms with E-state index in [1.165, 1.54) is 14.2 Å². The highest BCUT2D eigenvalue weighted by Crippen LogP contribution is 1.94. The number of carbonyl (C=O) groups excluding carboxylic acids is 3. The second-order valence-corrected chi connectivity index (χ2v) is 2.14. The second kappa shape index (κ2) is 6.59. The number of carbonyl (C=O) groups is 3. The molecule has 0 saturated carbocycles. The van der Waals surface area contributed by atoms with Gasteiger partial charge in [0.1, 0.15) is 6.29 Å². The van der Waals surface area contributed by atoms with Crippen molar-refractivity contribution in [2.75, 3.05) is 14.2 Å². The molecule has 0 fully saturated rings. The van der Waals surface area contributed by atoms with Crippen LogP contribution in [0.5, 0.6) is 0 Å². The van der Waals surface area contributed by atoms with E-state index in [4.69, 9.17) is 0 Å². The largest absolute Gasteiger partial charge is 0.466 e. The van der Waals surface area contributed by atoms with Crippen molar-refractivity contribution in [3.63, 3.8) is 0 Å². The van der Waals surface area contributed by atoms with Gasteiger partial charge in [-0.15, -0.1) is 0 Å². The molecule has 0 aliphatic carbocycles. The number of rotatable bonds is 4. The van der Waals surface area contributed by atoms with Gasteiger partial charge in [-0.05, 0) is 6.08 Å². The summed E-state index contributed by atoms with van der Waals surface area (Å²) >= 11 is 0. The summed E-state index contributed by atoms with van der Waals surface area (Å²) in [6, 6.07) is 0. The van der Waals surface area contributed by atoms with E-state index in [2.05, 4.69) is 9.47 Å². The van der Waals surface area contributed by atoms with Gasteiger partial charge in [-0.3, -0.25) is 4.79 Å². The number of hydrogen-bond acceptors (Lipinski definition) is 5. The van der Waals surface area contributed by atoms with Crippen LogP contribution in [0.3, 0.4) is 0 Å². The Kier molecular flexibility index (Phi) is 5.69. The van der Waals surface area contributed by atoms with E-state index in [-0.39, 0.29) is 5.57 Å². The van der Waals surface area contributed by atoms with Crippen molar-refractivity contribution in [2.45, 2.75) is 0 Å². The fourth-order valence-electron chi connectivity index (χ4n) is 0.549. The summed E-state index contributed by atoms with van der Waals surface area (Å²) in [7, 11) is 2.39. The summed E-state index contributed by atoms with van der Waals surface area (Å²) in [5.74, 6) is -1.27. The monoisotopic (exact) mass is 198 g/mol. The van der Waals surface area contributed by atoms with E-state index in [1.54, 1.807) is 0 Å². The third-order valence-corrected chi connectivity index (χ3v) is 1.23. The minimum Gasteiger partial charge on any atom is -0.466 e. The van der Waals surface area contributed by atoms with Gasteiger partial charge >= 0.3 is 11.9 Å². The first-order valence-electron chi connectivity index (χ1n) is 3.65. The van der Waals surface area contributed by atoms with Gasteiger partial charge in [0.15, 0.2) is 0 Å². The van der Waals surface area contributed by atoms with Crippen molar-refractivity contribution >= 4 is 18.2 Å². The maximum Gasteiger partial charge on any atom is 0.331 e. The zero-order chi connectivity index (χ0) is 11.0. The number of aldehydes is 1. The molecule has 0 atom stereocenters. The normalized spacial score (nSPS) is 11.1. The molecule has 0 bridgehead atoms. The van der Waals surface area contributed by atoms with Crippen molar-refractivity contribution < 1.29 is 23.9 Å². The molecule has 0 N–H and O–H groups in total.